The van der Waals surface area contributed by atoms with Crippen LogP contribution in [-0.2, 0) is 16.1 Å². The summed E-state index contributed by atoms with van der Waals surface area (Å²) in [5.74, 6) is 1.18. The van der Waals surface area contributed by atoms with Crippen molar-refractivity contribution in [3.05, 3.63) is 29.8 Å². The van der Waals surface area contributed by atoms with Gasteiger partial charge in [0.2, 0.25) is 5.91 Å². The molecule has 0 saturated heterocycles. The van der Waals surface area contributed by atoms with Crippen molar-refractivity contribution in [3.63, 3.8) is 0 Å². The fourth-order valence-electron chi connectivity index (χ4n) is 2.27. The van der Waals surface area contributed by atoms with Crippen LogP contribution in [0.4, 0.5) is 5.69 Å². The largest absolute Gasteiger partial charge is 0.385 e. The highest BCUT2D eigenvalue weighted by Gasteiger charge is 2.05. The van der Waals surface area contributed by atoms with E-state index in [0.29, 0.717) is 18.9 Å². The molecule has 1 rings (SSSR count). The summed E-state index contributed by atoms with van der Waals surface area (Å²) >= 11 is 0. The standard InChI is InChI=1S/C19H32N4O2.HI/c1-5-20-19(21-10-7-11-25-4)22-14-16-8-6-9-17(13-16)23-18(24)12-15(2)3;/h6,8-9,13,15H,5,7,10-12,14H2,1-4H3,(H,23,24)(H2,20,21,22);1H. The lowest BCUT2D eigenvalue weighted by Gasteiger charge is -2.11. The van der Waals surface area contributed by atoms with Gasteiger partial charge in [0, 0.05) is 38.9 Å². The molecule has 0 aliphatic carbocycles. The second-order valence-corrected chi connectivity index (χ2v) is 6.31. The van der Waals surface area contributed by atoms with Crippen LogP contribution in [0, 0.1) is 5.92 Å². The van der Waals surface area contributed by atoms with Crippen LogP contribution in [0.25, 0.3) is 0 Å². The minimum atomic E-state index is 0. The Kier molecular flexibility index (Phi) is 14.0. The number of halogens is 1. The lowest BCUT2D eigenvalue weighted by molar-refractivity contribution is -0.116. The third-order valence-corrected chi connectivity index (χ3v) is 3.39. The van der Waals surface area contributed by atoms with Crippen molar-refractivity contribution in [3.8, 4) is 0 Å². The molecular formula is C19H33IN4O2. The zero-order chi connectivity index (χ0) is 18.5. The van der Waals surface area contributed by atoms with Crippen LogP contribution >= 0.6 is 24.0 Å². The molecule has 0 bridgehead atoms. The molecule has 0 radical (unpaired) electrons. The second kappa shape index (κ2) is 14.8. The number of aliphatic imine (C=N–C) groups is 1. The zero-order valence-corrected chi connectivity index (χ0v) is 18.6. The van der Waals surface area contributed by atoms with Gasteiger partial charge in [-0.15, -0.1) is 24.0 Å². The van der Waals surface area contributed by atoms with Gasteiger partial charge in [-0.2, -0.15) is 0 Å². The highest BCUT2D eigenvalue weighted by Crippen LogP contribution is 2.13. The summed E-state index contributed by atoms with van der Waals surface area (Å²) in [6.45, 7) is 9.00. The van der Waals surface area contributed by atoms with Gasteiger partial charge in [0.05, 0.1) is 6.54 Å². The molecule has 1 aromatic carbocycles. The minimum absolute atomic E-state index is 0. The molecule has 0 aliphatic rings. The number of guanidine groups is 1. The Morgan fingerprint density at radius 2 is 2.04 bits per heavy atom. The number of benzene rings is 1. The fraction of sp³-hybridized carbons (Fsp3) is 0.579. The number of anilines is 1. The van der Waals surface area contributed by atoms with E-state index in [1.807, 2.05) is 45.0 Å². The first-order chi connectivity index (χ1) is 12.0. The Balaban J connectivity index is 0.00000625. The third-order valence-electron chi connectivity index (χ3n) is 3.39. The molecule has 7 heteroatoms. The molecule has 0 spiro atoms. The van der Waals surface area contributed by atoms with Crippen molar-refractivity contribution < 1.29 is 9.53 Å². The predicted molar refractivity (Wildman–Crippen MR) is 119 cm³/mol. The van der Waals surface area contributed by atoms with Crippen LogP contribution in [0.1, 0.15) is 39.2 Å². The van der Waals surface area contributed by atoms with Gasteiger partial charge in [0.1, 0.15) is 0 Å². The van der Waals surface area contributed by atoms with E-state index < -0.39 is 0 Å². The van der Waals surface area contributed by atoms with E-state index in [1.54, 1.807) is 7.11 Å². The molecule has 3 N–H and O–H groups in total. The molecule has 1 aromatic rings. The van der Waals surface area contributed by atoms with Gasteiger partial charge in [-0.3, -0.25) is 4.79 Å². The van der Waals surface area contributed by atoms with Gasteiger partial charge in [-0.25, -0.2) is 4.99 Å². The molecule has 0 fully saturated rings. The molecule has 1 amide bonds. The van der Waals surface area contributed by atoms with Gasteiger partial charge < -0.3 is 20.7 Å². The summed E-state index contributed by atoms with van der Waals surface area (Å²) in [4.78, 5) is 16.5. The number of carbonyl (C=O) groups excluding carboxylic acids is 1. The first-order valence-corrected chi connectivity index (χ1v) is 8.95. The van der Waals surface area contributed by atoms with Crippen LogP contribution in [0.15, 0.2) is 29.3 Å². The number of carbonyl (C=O) groups is 1. The van der Waals surface area contributed by atoms with E-state index in [0.717, 1.165) is 43.3 Å². The average Bonchev–Trinajstić information content (AvgIpc) is 2.56. The van der Waals surface area contributed by atoms with Crippen LogP contribution in [0.5, 0.6) is 0 Å². The van der Waals surface area contributed by atoms with Crippen LogP contribution in [0.2, 0.25) is 0 Å². The summed E-state index contributed by atoms with van der Waals surface area (Å²) in [5.41, 5.74) is 1.87. The summed E-state index contributed by atoms with van der Waals surface area (Å²) in [6.07, 6.45) is 1.45. The number of amides is 1. The Bertz CT molecular complexity index is 550. The normalized spacial score (nSPS) is 11.0. The highest BCUT2D eigenvalue weighted by atomic mass is 127. The summed E-state index contributed by atoms with van der Waals surface area (Å²) < 4.78 is 5.05. The maximum atomic E-state index is 11.9. The van der Waals surface area contributed by atoms with Gasteiger partial charge in [-0.05, 0) is 37.0 Å². The average molecular weight is 476 g/mol. The van der Waals surface area contributed by atoms with E-state index in [9.17, 15) is 4.79 Å². The molecular weight excluding hydrogens is 443 g/mol. The maximum Gasteiger partial charge on any atom is 0.224 e. The van der Waals surface area contributed by atoms with E-state index in [1.165, 1.54) is 0 Å². The highest BCUT2D eigenvalue weighted by molar-refractivity contribution is 14.0. The van der Waals surface area contributed by atoms with Gasteiger partial charge >= 0.3 is 0 Å². The van der Waals surface area contributed by atoms with Crippen LogP contribution in [0.3, 0.4) is 0 Å². The van der Waals surface area contributed by atoms with Crippen LogP contribution < -0.4 is 16.0 Å². The number of ether oxygens (including phenoxy) is 1. The molecule has 26 heavy (non-hydrogen) atoms. The van der Waals surface area contributed by atoms with E-state index >= 15 is 0 Å². The second-order valence-electron chi connectivity index (χ2n) is 6.31. The van der Waals surface area contributed by atoms with E-state index in [-0.39, 0.29) is 29.9 Å². The van der Waals surface area contributed by atoms with Gasteiger partial charge in [-0.1, -0.05) is 26.0 Å². The van der Waals surface area contributed by atoms with Crippen molar-refractivity contribution in [1.82, 2.24) is 10.6 Å². The molecule has 0 heterocycles. The summed E-state index contributed by atoms with van der Waals surface area (Å²) in [5, 5.41) is 9.45. The number of rotatable bonds is 10. The quantitative estimate of drug-likeness (QED) is 0.210. The molecule has 0 atom stereocenters. The Morgan fingerprint density at radius 1 is 1.27 bits per heavy atom. The summed E-state index contributed by atoms with van der Waals surface area (Å²) in [7, 11) is 1.70. The Hall–Kier alpha value is -1.35. The fourth-order valence-corrected chi connectivity index (χ4v) is 2.27. The van der Waals surface area contributed by atoms with Gasteiger partial charge in [0.15, 0.2) is 5.96 Å². The Morgan fingerprint density at radius 3 is 2.69 bits per heavy atom. The van der Waals surface area contributed by atoms with Crippen molar-refractivity contribution >= 4 is 41.5 Å². The number of methoxy groups -OCH3 is 1. The number of nitrogens with zero attached hydrogens (tertiary/aromatic N) is 1. The number of hydrogen-bond donors (Lipinski definition) is 3. The predicted octanol–water partition coefficient (Wildman–Crippen LogP) is 3.38. The first kappa shape index (κ1) is 24.7. The molecule has 6 nitrogen and oxygen atoms in total. The number of hydrogen-bond acceptors (Lipinski definition) is 3. The molecule has 0 aliphatic heterocycles. The molecule has 0 saturated carbocycles. The monoisotopic (exact) mass is 476 g/mol. The van der Waals surface area contributed by atoms with Crippen molar-refractivity contribution in [2.24, 2.45) is 10.9 Å². The lowest BCUT2D eigenvalue weighted by atomic mass is 10.1. The van der Waals surface area contributed by atoms with Crippen molar-refractivity contribution in [1.29, 1.82) is 0 Å². The number of nitrogens with one attached hydrogen (secondary N) is 3. The van der Waals surface area contributed by atoms with Crippen molar-refractivity contribution in [2.75, 3.05) is 32.1 Å². The lowest BCUT2D eigenvalue weighted by Crippen LogP contribution is -2.38. The van der Waals surface area contributed by atoms with Crippen LogP contribution in [-0.4, -0.2) is 38.7 Å². The van der Waals surface area contributed by atoms with Crippen molar-refractivity contribution in [2.45, 2.75) is 40.2 Å². The third kappa shape index (κ3) is 11.3. The summed E-state index contributed by atoms with van der Waals surface area (Å²) in [6, 6.07) is 7.82. The van der Waals surface area contributed by atoms with Gasteiger partial charge in [0.25, 0.3) is 0 Å². The molecule has 0 unspecified atom stereocenters. The van der Waals surface area contributed by atoms with E-state index in [4.69, 9.17) is 4.74 Å². The molecule has 148 valence electrons. The topological polar surface area (TPSA) is 74.8 Å². The zero-order valence-electron chi connectivity index (χ0n) is 16.3. The SMILES string of the molecule is CCNC(=NCc1cccc(NC(=O)CC(C)C)c1)NCCCOC.I. The minimum Gasteiger partial charge on any atom is -0.385 e. The first-order valence-electron chi connectivity index (χ1n) is 8.95. The maximum absolute atomic E-state index is 11.9. The molecule has 0 aromatic heterocycles. The van der Waals surface area contributed by atoms with E-state index in [2.05, 4.69) is 20.9 Å². The smallest absolute Gasteiger partial charge is 0.224 e. The Labute approximate surface area is 174 Å².